The molecule has 10 heteroatoms. The average molecular weight is 374 g/mol. The molecule has 2 heterocycles. The average Bonchev–Trinajstić information content (AvgIpc) is 2.97. The van der Waals surface area contributed by atoms with Gasteiger partial charge in [0.1, 0.15) is 5.60 Å². The van der Waals surface area contributed by atoms with Gasteiger partial charge in [-0.1, -0.05) is 0 Å². The van der Waals surface area contributed by atoms with Gasteiger partial charge in [-0.3, -0.25) is 4.79 Å². The van der Waals surface area contributed by atoms with Crippen LogP contribution in [0.3, 0.4) is 0 Å². The molecule has 1 saturated heterocycles. The SMILES string of the molecule is COC1(C(=O)NCCc2nc(C(F)(F)F)cs2)CCNCC1.Cl. The predicted octanol–water partition coefficient (Wildman–Crippen LogP) is 2.01. The molecule has 23 heavy (non-hydrogen) atoms. The first-order valence-corrected chi connectivity index (χ1v) is 7.81. The van der Waals surface area contributed by atoms with E-state index in [1.54, 1.807) is 0 Å². The number of alkyl halides is 3. The van der Waals surface area contributed by atoms with E-state index >= 15 is 0 Å². The largest absolute Gasteiger partial charge is 0.434 e. The van der Waals surface area contributed by atoms with Gasteiger partial charge in [0.2, 0.25) is 0 Å². The second-order valence-corrected chi connectivity index (χ2v) is 6.02. The topological polar surface area (TPSA) is 63.2 Å². The number of piperidine rings is 1. The molecule has 0 unspecified atom stereocenters. The Hall–Kier alpha value is -0.900. The maximum absolute atomic E-state index is 12.4. The molecule has 1 aliphatic rings. The molecule has 0 aliphatic carbocycles. The maximum Gasteiger partial charge on any atom is 0.434 e. The molecule has 1 amide bonds. The fourth-order valence-corrected chi connectivity index (χ4v) is 3.16. The summed E-state index contributed by atoms with van der Waals surface area (Å²) in [6.07, 6.45) is -3.01. The van der Waals surface area contributed by atoms with Gasteiger partial charge in [0.15, 0.2) is 5.69 Å². The fraction of sp³-hybridized carbons (Fsp3) is 0.692. The minimum Gasteiger partial charge on any atom is -0.368 e. The molecule has 1 fully saturated rings. The summed E-state index contributed by atoms with van der Waals surface area (Å²) >= 11 is 0.945. The number of amides is 1. The van der Waals surface area contributed by atoms with Crippen molar-refractivity contribution in [1.29, 1.82) is 0 Å². The number of hydrogen-bond acceptors (Lipinski definition) is 5. The van der Waals surface area contributed by atoms with Gasteiger partial charge in [-0.05, 0) is 25.9 Å². The van der Waals surface area contributed by atoms with E-state index in [9.17, 15) is 18.0 Å². The highest BCUT2D eigenvalue weighted by Gasteiger charge is 2.39. The molecule has 0 aromatic carbocycles. The van der Waals surface area contributed by atoms with Gasteiger partial charge in [-0.25, -0.2) is 4.98 Å². The zero-order valence-electron chi connectivity index (χ0n) is 12.5. The van der Waals surface area contributed by atoms with Crippen molar-refractivity contribution < 1.29 is 22.7 Å². The molecule has 0 bridgehead atoms. The monoisotopic (exact) mass is 373 g/mol. The lowest BCUT2D eigenvalue weighted by molar-refractivity contribution is -0.146. The molecule has 0 spiro atoms. The Balaban J connectivity index is 0.00000264. The van der Waals surface area contributed by atoms with Crippen molar-refractivity contribution in [2.75, 3.05) is 26.7 Å². The standard InChI is InChI=1S/C13H18F3N3O2S.ClH/c1-21-12(3-6-17-7-4-12)11(20)18-5-2-10-19-9(8-22-10)13(14,15)16;/h8,17H,2-7H2,1H3,(H,18,20);1H. The molecule has 2 rings (SSSR count). The number of ether oxygens (including phenoxy) is 1. The van der Waals surface area contributed by atoms with Crippen LogP contribution in [0.25, 0.3) is 0 Å². The van der Waals surface area contributed by atoms with Crippen LogP contribution in [0, 0.1) is 0 Å². The van der Waals surface area contributed by atoms with Gasteiger partial charge < -0.3 is 15.4 Å². The molecule has 132 valence electrons. The van der Waals surface area contributed by atoms with E-state index in [1.807, 2.05) is 0 Å². The van der Waals surface area contributed by atoms with Crippen LogP contribution in [0.15, 0.2) is 5.38 Å². The van der Waals surface area contributed by atoms with E-state index in [1.165, 1.54) is 7.11 Å². The summed E-state index contributed by atoms with van der Waals surface area (Å²) < 4.78 is 42.7. The third-order valence-corrected chi connectivity index (χ3v) is 4.59. The Morgan fingerprint density at radius 2 is 2.13 bits per heavy atom. The highest BCUT2D eigenvalue weighted by atomic mass is 35.5. The van der Waals surface area contributed by atoms with Crippen LogP contribution >= 0.6 is 23.7 Å². The van der Waals surface area contributed by atoms with E-state index in [2.05, 4.69) is 15.6 Å². The first kappa shape index (κ1) is 20.1. The number of aromatic nitrogens is 1. The van der Waals surface area contributed by atoms with Crippen molar-refractivity contribution in [1.82, 2.24) is 15.6 Å². The Bertz CT molecular complexity index is 519. The van der Waals surface area contributed by atoms with E-state index in [-0.39, 0.29) is 31.3 Å². The van der Waals surface area contributed by atoms with Crippen molar-refractivity contribution in [2.24, 2.45) is 0 Å². The van der Waals surface area contributed by atoms with Crippen molar-refractivity contribution >= 4 is 29.7 Å². The minimum absolute atomic E-state index is 0. The number of rotatable bonds is 5. The van der Waals surface area contributed by atoms with E-state index < -0.39 is 17.5 Å². The second kappa shape index (κ2) is 8.27. The van der Waals surface area contributed by atoms with Crippen molar-refractivity contribution in [2.45, 2.75) is 31.0 Å². The Morgan fingerprint density at radius 3 is 2.65 bits per heavy atom. The fourth-order valence-electron chi connectivity index (χ4n) is 2.35. The summed E-state index contributed by atoms with van der Waals surface area (Å²) in [6.45, 7) is 1.63. The Morgan fingerprint density at radius 1 is 1.48 bits per heavy atom. The van der Waals surface area contributed by atoms with E-state index in [0.29, 0.717) is 30.9 Å². The van der Waals surface area contributed by atoms with E-state index in [4.69, 9.17) is 4.74 Å². The number of methoxy groups -OCH3 is 1. The third-order valence-electron chi connectivity index (χ3n) is 3.68. The van der Waals surface area contributed by atoms with Crippen molar-refractivity contribution in [3.05, 3.63) is 16.1 Å². The first-order chi connectivity index (χ1) is 10.4. The zero-order valence-corrected chi connectivity index (χ0v) is 14.2. The molecule has 5 nitrogen and oxygen atoms in total. The number of halogens is 4. The molecule has 1 aromatic heterocycles. The molecule has 1 aromatic rings. The molecular formula is C13H19ClF3N3O2S. The third kappa shape index (κ3) is 5.03. The summed E-state index contributed by atoms with van der Waals surface area (Å²) in [6, 6.07) is 0. The van der Waals surface area contributed by atoms with Crippen LogP contribution < -0.4 is 10.6 Å². The minimum atomic E-state index is -4.42. The van der Waals surface area contributed by atoms with Crippen LogP contribution in [0.4, 0.5) is 13.2 Å². The Kier molecular flexibility index (Phi) is 7.25. The number of carbonyl (C=O) groups is 1. The summed E-state index contributed by atoms with van der Waals surface area (Å²) in [5.41, 5.74) is -1.73. The van der Waals surface area contributed by atoms with Gasteiger partial charge in [0.25, 0.3) is 5.91 Å². The van der Waals surface area contributed by atoms with E-state index in [0.717, 1.165) is 16.7 Å². The molecular weight excluding hydrogens is 355 g/mol. The highest BCUT2D eigenvalue weighted by molar-refractivity contribution is 7.09. The van der Waals surface area contributed by atoms with Crippen LogP contribution in [-0.4, -0.2) is 43.2 Å². The number of carbonyl (C=O) groups excluding carboxylic acids is 1. The number of nitrogens with one attached hydrogen (secondary N) is 2. The predicted molar refractivity (Wildman–Crippen MR) is 82.9 cm³/mol. The van der Waals surface area contributed by atoms with Gasteiger partial charge >= 0.3 is 6.18 Å². The van der Waals surface area contributed by atoms with Gasteiger partial charge in [0, 0.05) is 25.5 Å². The van der Waals surface area contributed by atoms with Crippen molar-refractivity contribution in [3.8, 4) is 0 Å². The van der Waals surface area contributed by atoms with Gasteiger partial charge in [-0.15, -0.1) is 23.7 Å². The summed E-state index contributed by atoms with van der Waals surface area (Å²) in [4.78, 5) is 15.8. The van der Waals surface area contributed by atoms with Crippen LogP contribution in [0.2, 0.25) is 0 Å². The summed E-state index contributed by atoms with van der Waals surface area (Å²) in [7, 11) is 1.50. The Labute approximate surface area is 142 Å². The van der Waals surface area contributed by atoms with Crippen LogP contribution in [-0.2, 0) is 22.1 Å². The highest BCUT2D eigenvalue weighted by Crippen LogP contribution is 2.30. The molecule has 0 saturated carbocycles. The quantitative estimate of drug-likeness (QED) is 0.828. The summed E-state index contributed by atoms with van der Waals surface area (Å²) in [5, 5.41) is 7.22. The second-order valence-electron chi connectivity index (χ2n) is 5.08. The van der Waals surface area contributed by atoms with Crippen LogP contribution in [0.5, 0.6) is 0 Å². The molecule has 0 radical (unpaired) electrons. The zero-order chi connectivity index (χ0) is 16.2. The molecule has 2 N–H and O–H groups in total. The van der Waals surface area contributed by atoms with Gasteiger partial charge in [0.05, 0.1) is 5.01 Å². The summed E-state index contributed by atoms with van der Waals surface area (Å²) in [5.74, 6) is -0.218. The van der Waals surface area contributed by atoms with Gasteiger partial charge in [-0.2, -0.15) is 13.2 Å². The lowest BCUT2D eigenvalue weighted by Crippen LogP contribution is -2.54. The number of hydrogen-bond donors (Lipinski definition) is 2. The first-order valence-electron chi connectivity index (χ1n) is 6.93. The lowest BCUT2D eigenvalue weighted by atomic mass is 9.91. The van der Waals surface area contributed by atoms with Crippen LogP contribution in [0.1, 0.15) is 23.5 Å². The number of thiazole rings is 1. The molecule has 0 atom stereocenters. The maximum atomic E-state index is 12.4. The molecule has 1 aliphatic heterocycles. The smallest absolute Gasteiger partial charge is 0.368 e. The van der Waals surface area contributed by atoms with Crippen molar-refractivity contribution in [3.63, 3.8) is 0 Å². The number of nitrogens with zero attached hydrogens (tertiary/aromatic N) is 1. The lowest BCUT2D eigenvalue weighted by Gasteiger charge is -2.34. The normalized spacial score (nSPS) is 17.4.